The quantitative estimate of drug-likeness (QED) is 0.150. The van der Waals surface area contributed by atoms with E-state index in [0.29, 0.717) is 47.4 Å². The summed E-state index contributed by atoms with van der Waals surface area (Å²) in [7, 11) is 8.67. The number of hydrogen-bond donors (Lipinski definition) is 1. The van der Waals surface area contributed by atoms with Crippen molar-refractivity contribution in [2.24, 2.45) is 35.0 Å². The predicted octanol–water partition coefficient (Wildman–Crippen LogP) is 9.14. The molecule has 0 amide bonds. The monoisotopic (exact) mass is 778 g/mol. The van der Waals surface area contributed by atoms with E-state index in [1.807, 2.05) is 36.4 Å². The number of nitrogens with zero attached hydrogens (tertiary/aromatic N) is 2. The molecule has 0 aromatic heterocycles. The maximum atomic E-state index is 11.8. The van der Waals surface area contributed by atoms with Crippen LogP contribution in [0.2, 0.25) is 0 Å². The number of carbonyl (C=O) groups is 1. The molecule has 1 unspecified atom stereocenters. The van der Waals surface area contributed by atoms with Crippen LogP contribution in [0.15, 0.2) is 60.2 Å². The summed E-state index contributed by atoms with van der Waals surface area (Å²) in [6.45, 7) is 12.7. The molecule has 4 aliphatic rings. The molecule has 0 radical (unpaired) electrons. The topological polar surface area (TPSA) is 101 Å². The highest BCUT2D eigenvalue weighted by Crippen LogP contribution is 2.67. The van der Waals surface area contributed by atoms with Crippen molar-refractivity contribution in [3.63, 3.8) is 0 Å². The molecule has 0 bridgehead atoms. The van der Waals surface area contributed by atoms with Gasteiger partial charge in [0.1, 0.15) is 5.60 Å². The van der Waals surface area contributed by atoms with Crippen molar-refractivity contribution in [2.45, 2.75) is 102 Å². The third kappa shape index (κ3) is 8.50. The molecule has 0 aliphatic heterocycles. The van der Waals surface area contributed by atoms with Gasteiger partial charge < -0.3 is 29.0 Å². The smallest absolute Gasteiger partial charge is 0.161 e. The van der Waals surface area contributed by atoms with E-state index in [1.165, 1.54) is 16.7 Å². The van der Waals surface area contributed by atoms with Gasteiger partial charge in [0.05, 0.1) is 39.9 Å². The fraction of sp³-hybridized carbons (Fsp3) is 0.592. The van der Waals surface area contributed by atoms with Gasteiger partial charge in [0.15, 0.2) is 28.8 Å². The van der Waals surface area contributed by atoms with Crippen molar-refractivity contribution in [2.75, 3.05) is 48.6 Å². The molecule has 57 heavy (non-hydrogen) atoms. The average Bonchev–Trinajstić information content (AvgIpc) is 3.53. The van der Waals surface area contributed by atoms with Crippen molar-refractivity contribution in [1.82, 2.24) is 4.90 Å². The zero-order valence-corrected chi connectivity index (χ0v) is 35.8. The number of ketones is 1. The van der Waals surface area contributed by atoms with E-state index in [1.54, 1.807) is 28.4 Å². The first kappa shape index (κ1) is 43.9. The maximum Gasteiger partial charge on any atom is 0.161 e. The van der Waals surface area contributed by atoms with Crippen molar-refractivity contribution in [3.05, 3.63) is 71.3 Å². The summed E-state index contributed by atoms with van der Waals surface area (Å²) < 4.78 is 21.6. The Morgan fingerprint density at radius 1 is 0.982 bits per heavy atom. The predicted molar refractivity (Wildman–Crippen MR) is 227 cm³/mol. The minimum atomic E-state index is -0.973. The van der Waals surface area contributed by atoms with E-state index in [0.717, 1.165) is 94.4 Å². The standard InChI is InChI=1S/C27H38N2O4.C22H28O2/c1-20(2)27(19-28,22-10-12-24(31-5)26(18-22)33-7)14-8-15-29(3)16-13-21-9-11-23(30-4)25(17-21)32-6;1-4-21-13-14(3)20-17-9-7-16(23)12-15(17)6-8-18(20)19(21)10-11-22(21,24)5-2/h9-12,17-18,20H,8,13-16H2,1-7H3;2,12,17-20,24H,3-4,6-11,13H2,1H3/t;17-,18-,19-,20+,21-,22-/m.0/s1. The van der Waals surface area contributed by atoms with Crippen molar-refractivity contribution in [3.8, 4) is 41.4 Å². The van der Waals surface area contributed by atoms with Gasteiger partial charge >= 0.3 is 0 Å². The Bertz CT molecular complexity index is 1870. The third-order valence-corrected chi connectivity index (χ3v) is 14.4. The third-order valence-electron chi connectivity index (χ3n) is 14.4. The van der Waals surface area contributed by atoms with Gasteiger partial charge in [0, 0.05) is 18.4 Å². The van der Waals surface area contributed by atoms with Crippen LogP contribution in [-0.2, 0) is 16.6 Å². The molecular formula is C49H66N2O6. The summed E-state index contributed by atoms with van der Waals surface area (Å²) in [6, 6.07) is 14.5. The number of methoxy groups -OCH3 is 4. The van der Waals surface area contributed by atoms with Crippen LogP contribution < -0.4 is 18.9 Å². The lowest BCUT2D eigenvalue weighted by Gasteiger charge is -2.56. The van der Waals surface area contributed by atoms with Crippen LogP contribution >= 0.6 is 0 Å². The Labute approximate surface area is 342 Å². The van der Waals surface area contributed by atoms with Gasteiger partial charge in [0.25, 0.3) is 0 Å². The highest BCUT2D eigenvalue weighted by molar-refractivity contribution is 5.91. The first-order chi connectivity index (χ1) is 27.3. The van der Waals surface area contributed by atoms with E-state index >= 15 is 0 Å². The van der Waals surface area contributed by atoms with Crippen LogP contribution in [0.25, 0.3) is 0 Å². The Morgan fingerprint density at radius 2 is 1.65 bits per heavy atom. The van der Waals surface area contributed by atoms with Crippen LogP contribution in [-0.4, -0.2) is 70.0 Å². The van der Waals surface area contributed by atoms with Gasteiger partial charge in [-0.05, 0) is 149 Å². The van der Waals surface area contributed by atoms with E-state index in [2.05, 4.69) is 57.4 Å². The summed E-state index contributed by atoms with van der Waals surface area (Å²) in [5.41, 5.74) is 3.08. The maximum absolute atomic E-state index is 11.8. The number of likely N-dealkylation sites (N-methyl/N-ethyl adjacent to an activating group) is 1. The number of terminal acetylenes is 1. The number of carbonyl (C=O) groups excluding carboxylic acids is 1. The molecule has 2 aromatic rings. The molecule has 8 nitrogen and oxygen atoms in total. The van der Waals surface area contributed by atoms with Gasteiger partial charge in [-0.15, -0.1) is 6.42 Å². The summed E-state index contributed by atoms with van der Waals surface area (Å²) in [4.78, 5) is 14.1. The molecule has 6 rings (SSSR count). The van der Waals surface area contributed by atoms with E-state index in [4.69, 9.17) is 25.4 Å². The minimum absolute atomic E-state index is 0.165. The van der Waals surface area contributed by atoms with Gasteiger partial charge in [-0.3, -0.25) is 4.79 Å². The minimum Gasteiger partial charge on any atom is -0.493 e. The largest absolute Gasteiger partial charge is 0.493 e. The fourth-order valence-electron chi connectivity index (χ4n) is 11.1. The molecule has 8 heteroatoms. The number of ether oxygens (including phenoxy) is 4. The summed E-state index contributed by atoms with van der Waals surface area (Å²) in [6.07, 6.45) is 17.7. The van der Waals surface area contributed by atoms with Crippen LogP contribution in [0.5, 0.6) is 23.0 Å². The zero-order valence-electron chi connectivity index (χ0n) is 35.8. The van der Waals surface area contributed by atoms with Crippen LogP contribution in [0.4, 0.5) is 0 Å². The molecule has 3 saturated carbocycles. The molecule has 1 N–H and O–H groups in total. The molecule has 0 spiro atoms. The lowest BCUT2D eigenvalue weighted by Crippen LogP contribution is -2.54. The van der Waals surface area contributed by atoms with Crippen LogP contribution in [0.1, 0.15) is 96.1 Å². The van der Waals surface area contributed by atoms with Gasteiger partial charge in [-0.2, -0.15) is 5.26 Å². The highest BCUT2D eigenvalue weighted by atomic mass is 16.5. The second-order valence-electron chi connectivity index (χ2n) is 17.2. The molecule has 2 aromatic carbocycles. The molecule has 308 valence electrons. The number of allylic oxidation sites excluding steroid dienone is 2. The fourth-order valence-corrected chi connectivity index (χ4v) is 11.1. The van der Waals surface area contributed by atoms with Crippen molar-refractivity contribution >= 4 is 5.78 Å². The van der Waals surface area contributed by atoms with Gasteiger partial charge in [0.2, 0.25) is 0 Å². The van der Waals surface area contributed by atoms with Crippen LogP contribution in [0, 0.1) is 58.7 Å². The lowest BCUT2D eigenvalue weighted by molar-refractivity contribution is -0.116. The Balaban J connectivity index is 0.000000227. The molecule has 7 atom stereocenters. The normalized spacial score (nSPS) is 27.4. The Kier molecular flexibility index (Phi) is 14.3. The first-order valence-electron chi connectivity index (χ1n) is 20.9. The molecule has 3 fully saturated rings. The van der Waals surface area contributed by atoms with Gasteiger partial charge in [-0.1, -0.05) is 56.5 Å². The second kappa shape index (κ2) is 18.6. The number of aliphatic hydroxyl groups is 1. The van der Waals surface area contributed by atoms with Crippen molar-refractivity contribution in [1.29, 1.82) is 5.26 Å². The highest BCUT2D eigenvalue weighted by Gasteiger charge is 2.64. The van der Waals surface area contributed by atoms with Crippen molar-refractivity contribution < 1.29 is 28.8 Å². The molecular weight excluding hydrogens is 713 g/mol. The Hall–Kier alpha value is -4.24. The molecule has 4 aliphatic carbocycles. The summed E-state index contributed by atoms with van der Waals surface area (Å²) in [5, 5.41) is 21.4. The lowest BCUT2D eigenvalue weighted by atomic mass is 9.48. The number of rotatable bonds is 14. The molecule has 0 heterocycles. The SMILES string of the molecule is C#C[C@]1(O)CC[C@H]2[C@@H]3CCC4=CC(=O)CC[C@@H]4[C@H]3C(=C)C[C@@]21CC.COc1ccc(CCN(C)CCCC(C#N)(c2ccc(OC)c(OC)c2)C(C)C)cc1OC. The number of nitriles is 1. The van der Waals surface area contributed by atoms with E-state index in [-0.39, 0.29) is 11.3 Å². The molecule has 0 saturated heterocycles. The van der Waals surface area contributed by atoms with E-state index in [9.17, 15) is 15.2 Å². The first-order valence-corrected chi connectivity index (χ1v) is 20.9. The number of benzene rings is 2. The Morgan fingerprint density at radius 3 is 2.26 bits per heavy atom. The number of fused-ring (bicyclic) bond motifs is 5. The average molecular weight is 779 g/mol. The van der Waals surface area contributed by atoms with E-state index < -0.39 is 11.0 Å². The summed E-state index contributed by atoms with van der Waals surface area (Å²) >= 11 is 0. The number of hydrogen-bond acceptors (Lipinski definition) is 8. The van der Waals surface area contributed by atoms with Gasteiger partial charge in [-0.25, -0.2) is 0 Å². The summed E-state index contributed by atoms with van der Waals surface area (Å²) in [5.74, 6) is 8.12. The van der Waals surface area contributed by atoms with Crippen LogP contribution in [0.3, 0.4) is 0 Å². The zero-order chi connectivity index (χ0) is 41.5. The second-order valence-corrected chi connectivity index (χ2v) is 17.2.